The Hall–Kier alpha value is -2.62. The lowest BCUT2D eigenvalue weighted by Crippen LogP contribution is -2.17. The molecule has 1 aromatic heterocycles. The summed E-state index contributed by atoms with van der Waals surface area (Å²) in [5, 5.41) is 4.70. The van der Waals surface area contributed by atoms with Gasteiger partial charge in [-0.1, -0.05) is 41.4 Å². The third-order valence-electron chi connectivity index (χ3n) is 3.66. The van der Waals surface area contributed by atoms with E-state index in [2.05, 4.69) is 14.8 Å². The van der Waals surface area contributed by atoms with E-state index in [1.165, 1.54) is 31.3 Å². The molecule has 0 atom stereocenters. The second-order valence-corrected chi connectivity index (χ2v) is 7.79. The van der Waals surface area contributed by atoms with E-state index in [0.29, 0.717) is 15.6 Å². The molecule has 0 aliphatic carbocycles. The maximum absolute atomic E-state index is 12.7. The van der Waals surface area contributed by atoms with E-state index in [9.17, 15) is 13.2 Å². The molecule has 0 amide bonds. The van der Waals surface area contributed by atoms with Gasteiger partial charge in [0.1, 0.15) is 4.90 Å². The first-order chi connectivity index (χ1) is 13.2. The van der Waals surface area contributed by atoms with Gasteiger partial charge >= 0.3 is 22.1 Å². The van der Waals surface area contributed by atoms with Crippen molar-refractivity contribution in [3.8, 4) is 17.4 Å². The van der Waals surface area contributed by atoms with Crippen molar-refractivity contribution in [3.63, 3.8) is 0 Å². The average molecular weight is 442 g/mol. The summed E-state index contributed by atoms with van der Waals surface area (Å²) in [6.45, 7) is 0. The molecule has 0 radical (unpaired) electrons. The van der Waals surface area contributed by atoms with Crippen molar-refractivity contribution in [1.29, 1.82) is 0 Å². The number of aryl methyl sites for hydroxylation is 1. The van der Waals surface area contributed by atoms with Crippen molar-refractivity contribution in [2.45, 2.75) is 4.90 Å². The van der Waals surface area contributed by atoms with Crippen LogP contribution in [0.25, 0.3) is 11.4 Å². The van der Waals surface area contributed by atoms with Gasteiger partial charge < -0.3 is 8.92 Å². The Morgan fingerprint density at radius 2 is 1.71 bits per heavy atom. The molecule has 0 aliphatic rings. The molecule has 146 valence electrons. The van der Waals surface area contributed by atoms with Gasteiger partial charge in [0.25, 0.3) is 0 Å². The molecule has 11 heteroatoms. The number of carbonyl (C=O) groups excluding carboxylic acids is 1. The number of carbonyl (C=O) groups is 1. The Kier molecular flexibility index (Phi) is 5.59. The smallest absolute Gasteiger partial charge is 0.342 e. The second-order valence-electron chi connectivity index (χ2n) is 5.46. The van der Waals surface area contributed by atoms with Crippen LogP contribution in [-0.2, 0) is 21.9 Å². The van der Waals surface area contributed by atoms with E-state index in [1.54, 1.807) is 18.2 Å². The highest BCUT2D eigenvalue weighted by molar-refractivity contribution is 7.87. The first-order valence-electron chi connectivity index (χ1n) is 7.72. The summed E-state index contributed by atoms with van der Waals surface area (Å²) in [6, 6.07) is 10.0. The molecule has 1 heterocycles. The zero-order chi connectivity index (χ0) is 20.5. The summed E-state index contributed by atoms with van der Waals surface area (Å²) >= 11 is 12.3. The van der Waals surface area contributed by atoms with E-state index >= 15 is 0 Å². The van der Waals surface area contributed by atoms with Crippen molar-refractivity contribution in [2.75, 3.05) is 7.11 Å². The number of rotatable bonds is 5. The predicted octanol–water partition coefficient (Wildman–Crippen LogP) is 3.34. The fourth-order valence-corrected chi connectivity index (χ4v) is 4.03. The van der Waals surface area contributed by atoms with Crippen molar-refractivity contribution in [1.82, 2.24) is 14.8 Å². The van der Waals surface area contributed by atoms with Crippen LogP contribution in [0.1, 0.15) is 10.4 Å². The predicted molar refractivity (Wildman–Crippen MR) is 102 cm³/mol. The summed E-state index contributed by atoms with van der Waals surface area (Å²) < 4.78 is 36.3. The molecule has 0 saturated carbocycles. The van der Waals surface area contributed by atoms with Crippen LogP contribution in [0.2, 0.25) is 10.0 Å². The van der Waals surface area contributed by atoms with Crippen molar-refractivity contribution < 1.29 is 22.1 Å². The third-order valence-corrected chi connectivity index (χ3v) is 5.55. The lowest BCUT2D eigenvalue weighted by molar-refractivity contribution is 0.0596. The van der Waals surface area contributed by atoms with Gasteiger partial charge in [-0.3, -0.25) is 0 Å². The zero-order valence-electron chi connectivity index (χ0n) is 14.6. The first kappa shape index (κ1) is 20.1. The Labute approximate surface area is 170 Å². The lowest BCUT2D eigenvalue weighted by atomic mass is 10.2. The van der Waals surface area contributed by atoms with E-state index in [0.717, 1.165) is 11.8 Å². The van der Waals surface area contributed by atoms with Crippen LogP contribution >= 0.6 is 23.2 Å². The molecular formula is C17H13Cl2N3O5S. The molecule has 0 bridgehead atoms. The molecular weight excluding hydrogens is 429 g/mol. The van der Waals surface area contributed by atoms with Gasteiger partial charge in [0.15, 0.2) is 5.82 Å². The minimum Gasteiger partial charge on any atom is -0.465 e. The number of methoxy groups -OCH3 is 1. The maximum Gasteiger partial charge on any atom is 0.342 e. The van der Waals surface area contributed by atoms with Gasteiger partial charge in [0.2, 0.25) is 0 Å². The fraction of sp³-hybridized carbons (Fsp3) is 0.118. The lowest BCUT2D eigenvalue weighted by Gasteiger charge is -2.09. The molecule has 0 N–H and O–H groups in total. The highest BCUT2D eigenvalue weighted by Crippen LogP contribution is 2.33. The highest BCUT2D eigenvalue weighted by Gasteiger charge is 2.27. The standard InChI is InChI=1S/C17H13Cl2N3O5S/c1-22-17(20-15(21-22)14-11(18)7-5-8-12(14)19)27-28(24,25)13-9-4-3-6-10(13)16(23)26-2/h3-9H,1-2H3. The van der Waals surface area contributed by atoms with Gasteiger partial charge in [-0.2, -0.15) is 13.4 Å². The summed E-state index contributed by atoms with van der Waals surface area (Å²) in [6.07, 6.45) is 0. The molecule has 0 aliphatic heterocycles. The third kappa shape index (κ3) is 3.82. The number of hydrogen-bond donors (Lipinski definition) is 0. The van der Waals surface area contributed by atoms with E-state index in [1.807, 2.05) is 0 Å². The topological polar surface area (TPSA) is 100 Å². The second kappa shape index (κ2) is 7.78. The van der Waals surface area contributed by atoms with Gasteiger partial charge in [-0.25, -0.2) is 9.48 Å². The number of benzene rings is 2. The van der Waals surface area contributed by atoms with Crippen LogP contribution < -0.4 is 4.18 Å². The van der Waals surface area contributed by atoms with E-state index in [-0.39, 0.29) is 22.3 Å². The number of halogens is 2. The Morgan fingerprint density at radius 3 is 2.36 bits per heavy atom. The van der Waals surface area contributed by atoms with Crippen LogP contribution in [0.5, 0.6) is 6.01 Å². The van der Waals surface area contributed by atoms with Crippen LogP contribution in [0.15, 0.2) is 47.4 Å². The van der Waals surface area contributed by atoms with E-state index < -0.39 is 16.1 Å². The maximum atomic E-state index is 12.7. The summed E-state index contributed by atoms with van der Waals surface area (Å²) in [4.78, 5) is 15.6. The van der Waals surface area contributed by atoms with Crippen molar-refractivity contribution in [3.05, 3.63) is 58.1 Å². The molecule has 8 nitrogen and oxygen atoms in total. The number of hydrogen-bond acceptors (Lipinski definition) is 7. The van der Waals surface area contributed by atoms with Crippen molar-refractivity contribution >= 4 is 39.3 Å². The molecule has 3 aromatic rings. The molecule has 0 fully saturated rings. The average Bonchev–Trinajstić information content (AvgIpc) is 3.00. The van der Waals surface area contributed by atoms with Gasteiger partial charge in [0, 0.05) is 7.05 Å². The van der Waals surface area contributed by atoms with Crippen LogP contribution in [0.4, 0.5) is 0 Å². The fourth-order valence-electron chi connectivity index (χ4n) is 2.37. The van der Waals surface area contributed by atoms with Crippen molar-refractivity contribution in [2.24, 2.45) is 7.05 Å². The molecule has 0 unspecified atom stereocenters. The monoisotopic (exact) mass is 441 g/mol. The van der Waals surface area contributed by atoms with Gasteiger partial charge in [-0.15, -0.1) is 5.10 Å². The number of esters is 1. The van der Waals surface area contributed by atoms with Gasteiger partial charge in [0.05, 0.1) is 28.3 Å². The summed E-state index contributed by atoms with van der Waals surface area (Å²) in [7, 11) is -1.81. The van der Waals surface area contributed by atoms with Crippen LogP contribution in [0, 0.1) is 0 Å². The molecule has 3 rings (SSSR count). The largest absolute Gasteiger partial charge is 0.465 e. The number of aromatic nitrogens is 3. The highest BCUT2D eigenvalue weighted by atomic mass is 35.5. The minimum atomic E-state index is -4.40. The zero-order valence-corrected chi connectivity index (χ0v) is 16.9. The molecule has 28 heavy (non-hydrogen) atoms. The Morgan fingerprint density at radius 1 is 1.07 bits per heavy atom. The van der Waals surface area contributed by atoms with Crippen LogP contribution in [0.3, 0.4) is 0 Å². The molecule has 0 saturated heterocycles. The Bertz CT molecular complexity index is 1140. The number of ether oxygens (including phenoxy) is 1. The quantitative estimate of drug-likeness (QED) is 0.441. The summed E-state index contributed by atoms with van der Waals surface area (Å²) in [5.74, 6) is -0.728. The Balaban J connectivity index is 2.02. The normalized spacial score (nSPS) is 11.3. The molecule has 0 spiro atoms. The van der Waals surface area contributed by atoms with E-state index in [4.69, 9.17) is 27.4 Å². The molecule has 2 aromatic carbocycles. The summed E-state index contributed by atoms with van der Waals surface area (Å²) in [5.41, 5.74) is 0.171. The minimum absolute atomic E-state index is 0.0875. The SMILES string of the molecule is COC(=O)c1ccccc1S(=O)(=O)Oc1nc(-c2c(Cl)cccc2Cl)nn1C. The van der Waals surface area contributed by atoms with Gasteiger partial charge in [-0.05, 0) is 24.3 Å². The van der Waals surface area contributed by atoms with Crippen LogP contribution in [-0.4, -0.2) is 36.3 Å². The first-order valence-corrected chi connectivity index (χ1v) is 9.88. The number of nitrogens with zero attached hydrogens (tertiary/aromatic N) is 3.